The fourth-order valence-corrected chi connectivity index (χ4v) is 2.54. The molecule has 7 heteroatoms. The Morgan fingerprint density at radius 2 is 2.11 bits per heavy atom. The topological polar surface area (TPSA) is 49.8 Å². The van der Waals surface area contributed by atoms with Crippen LogP contribution in [0.15, 0.2) is 18.3 Å². The van der Waals surface area contributed by atoms with Crippen molar-refractivity contribution in [3.8, 4) is 0 Å². The summed E-state index contributed by atoms with van der Waals surface area (Å²) in [5.74, 6) is 1.18. The Balaban J connectivity index is 2.05. The van der Waals surface area contributed by atoms with Crippen LogP contribution in [-0.4, -0.2) is 16.5 Å². The predicted molar refractivity (Wildman–Crippen MR) is 77.9 cm³/mol. The normalized spacial score (nSPS) is 10.4. The van der Waals surface area contributed by atoms with Crippen LogP contribution in [0.3, 0.4) is 0 Å². The summed E-state index contributed by atoms with van der Waals surface area (Å²) in [6, 6.07) is 3.84. The quantitative estimate of drug-likeness (QED) is 0.880. The third-order valence-corrected chi connectivity index (χ3v) is 3.65. The van der Waals surface area contributed by atoms with E-state index in [9.17, 15) is 0 Å². The lowest BCUT2D eigenvalue weighted by molar-refractivity contribution is 1.06. The van der Waals surface area contributed by atoms with Gasteiger partial charge in [-0.05, 0) is 19.1 Å². The van der Waals surface area contributed by atoms with Crippen LogP contribution in [0.1, 0.15) is 11.8 Å². The van der Waals surface area contributed by atoms with Gasteiger partial charge in [0, 0.05) is 11.4 Å². The lowest BCUT2D eigenvalue weighted by atomic mass is 10.4. The fraction of sp³-hybridized carbons (Fsp3) is 0.273. The van der Waals surface area contributed by atoms with E-state index in [0.29, 0.717) is 23.3 Å². The molecular formula is C11H12Cl2N4S. The van der Waals surface area contributed by atoms with E-state index >= 15 is 0 Å². The molecular weight excluding hydrogens is 291 g/mol. The van der Waals surface area contributed by atoms with Crippen LogP contribution in [-0.2, 0) is 6.54 Å². The van der Waals surface area contributed by atoms with Crippen LogP contribution in [0.5, 0.6) is 0 Å². The molecule has 0 aliphatic rings. The first-order chi connectivity index (χ1) is 8.69. The summed E-state index contributed by atoms with van der Waals surface area (Å²) < 4.78 is 0.772. The smallest absolute Gasteiger partial charge is 0.224 e. The maximum absolute atomic E-state index is 6.03. The third-order valence-electron chi connectivity index (χ3n) is 2.14. The molecule has 2 aromatic rings. The van der Waals surface area contributed by atoms with E-state index in [0.717, 1.165) is 15.8 Å². The molecule has 4 nitrogen and oxygen atoms in total. The molecule has 2 heterocycles. The molecule has 0 aliphatic carbocycles. The van der Waals surface area contributed by atoms with Gasteiger partial charge in [-0.15, -0.1) is 11.3 Å². The molecule has 0 aromatic carbocycles. The average molecular weight is 303 g/mol. The Kier molecular flexibility index (Phi) is 4.63. The minimum Gasteiger partial charge on any atom is -0.364 e. The number of nitrogens with one attached hydrogen (secondary N) is 2. The zero-order valence-electron chi connectivity index (χ0n) is 9.70. The Labute approximate surface area is 119 Å². The highest BCUT2D eigenvalue weighted by Crippen LogP contribution is 2.24. The Morgan fingerprint density at radius 1 is 1.28 bits per heavy atom. The van der Waals surface area contributed by atoms with Crippen LogP contribution < -0.4 is 10.6 Å². The van der Waals surface area contributed by atoms with E-state index in [1.165, 1.54) is 11.3 Å². The summed E-state index contributed by atoms with van der Waals surface area (Å²) >= 11 is 13.4. The number of nitrogens with zero attached hydrogens (tertiary/aromatic N) is 2. The molecule has 0 radical (unpaired) electrons. The second-order valence-electron chi connectivity index (χ2n) is 3.48. The van der Waals surface area contributed by atoms with Gasteiger partial charge in [-0.25, -0.2) is 4.98 Å². The lowest BCUT2D eigenvalue weighted by Gasteiger charge is -2.08. The second kappa shape index (κ2) is 6.22. The van der Waals surface area contributed by atoms with Crippen LogP contribution >= 0.6 is 34.5 Å². The molecule has 0 spiro atoms. The summed E-state index contributed by atoms with van der Waals surface area (Å²) in [6.45, 7) is 3.39. The fourth-order valence-electron chi connectivity index (χ4n) is 1.35. The molecule has 18 heavy (non-hydrogen) atoms. The first kappa shape index (κ1) is 13.4. The molecule has 2 N–H and O–H groups in total. The molecule has 0 saturated carbocycles. The average Bonchev–Trinajstić information content (AvgIpc) is 2.76. The Hall–Kier alpha value is -1.04. The van der Waals surface area contributed by atoms with Crippen molar-refractivity contribution in [3.05, 3.63) is 32.6 Å². The minimum absolute atomic E-state index is 0.499. The van der Waals surface area contributed by atoms with Gasteiger partial charge in [0.25, 0.3) is 0 Å². The maximum atomic E-state index is 6.03. The van der Waals surface area contributed by atoms with Crippen LogP contribution in [0.4, 0.5) is 11.8 Å². The van der Waals surface area contributed by atoms with Gasteiger partial charge in [-0.2, -0.15) is 4.98 Å². The molecule has 2 rings (SSSR count). The standard InChI is InChI=1S/C11H12Cl2N4S/c1-2-14-11-16-6-8(12)10(17-11)15-5-7-3-4-9(13)18-7/h3-4,6H,2,5H2,1H3,(H2,14,15,16,17). The summed E-state index contributed by atoms with van der Waals surface area (Å²) in [5.41, 5.74) is 0. The molecule has 0 atom stereocenters. The SMILES string of the molecule is CCNc1ncc(Cl)c(NCc2ccc(Cl)s2)n1. The molecule has 96 valence electrons. The van der Waals surface area contributed by atoms with Crippen LogP contribution in [0, 0.1) is 0 Å². The summed E-state index contributed by atoms with van der Waals surface area (Å²) in [6.07, 6.45) is 1.58. The number of anilines is 2. The Morgan fingerprint density at radius 3 is 2.78 bits per heavy atom. The van der Waals surface area contributed by atoms with E-state index in [4.69, 9.17) is 23.2 Å². The highest BCUT2D eigenvalue weighted by molar-refractivity contribution is 7.16. The monoisotopic (exact) mass is 302 g/mol. The van der Waals surface area contributed by atoms with Crippen molar-refractivity contribution in [2.45, 2.75) is 13.5 Å². The predicted octanol–water partition coefficient (Wildman–Crippen LogP) is 3.89. The van der Waals surface area contributed by atoms with Crippen molar-refractivity contribution in [1.82, 2.24) is 9.97 Å². The maximum Gasteiger partial charge on any atom is 0.224 e. The number of rotatable bonds is 5. The van der Waals surface area contributed by atoms with Crippen molar-refractivity contribution in [1.29, 1.82) is 0 Å². The molecule has 0 saturated heterocycles. The Bertz CT molecular complexity index is 530. The summed E-state index contributed by atoms with van der Waals surface area (Å²) in [7, 11) is 0. The molecule has 0 amide bonds. The van der Waals surface area contributed by atoms with Crippen molar-refractivity contribution in [2.24, 2.45) is 0 Å². The van der Waals surface area contributed by atoms with E-state index in [1.54, 1.807) is 6.20 Å². The highest BCUT2D eigenvalue weighted by Gasteiger charge is 2.05. The number of hydrogen-bond donors (Lipinski definition) is 2. The molecule has 0 unspecified atom stereocenters. The van der Waals surface area contributed by atoms with Crippen molar-refractivity contribution in [2.75, 3.05) is 17.2 Å². The van der Waals surface area contributed by atoms with E-state index in [2.05, 4.69) is 20.6 Å². The van der Waals surface area contributed by atoms with Gasteiger partial charge in [0.15, 0.2) is 5.82 Å². The first-order valence-corrected chi connectivity index (χ1v) is 7.00. The van der Waals surface area contributed by atoms with Crippen molar-refractivity contribution in [3.63, 3.8) is 0 Å². The first-order valence-electron chi connectivity index (χ1n) is 5.43. The van der Waals surface area contributed by atoms with E-state index in [1.807, 2.05) is 19.1 Å². The van der Waals surface area contributed by atoms with E-state index in [-0.39, 0.29) is 0 Å². The third kappa shape index (κ3) is 3.48. The van der Waals surface area contributed by atoms with Crippen molar-refractivity contribution >= 4 is 46.3 Å². The summed E-state index contributed by atoms with van der Waals surface area (Å²) in [4.78, 5) is 9.49. The van der Waals surface area contributed by atoms with Gasteiger partial charge >= 0.3 is 0 Å². The molecule has 0 bridgehead atoms. The number of hydrogen-bond acceptors (Lipinski definition) is 5. The lowest BCUT2D eigenvalue weighted by Crippen LogP contribution is -2.06. The molecule has 0 fully saturated rings. The van der Waals surface area contributed by atoms with Gasteiger partial charge in [0.1, 0.15) is 5.02 Å². The number of aromatic nitrogens is 2. The zero-order valence-corrected chi connectivity index (χ0v) is 12.0. The van der Waals surface area contributed by atoms with Crippen LogP contribution in [0.2, 0.25) is 9.36 Å². The zero-order chi connectivity index (χ0) is 13.0. The number of thiophene rings is 1. The van der Waals surface area contributed by atoms with Gasteiger partial charge in [0.2, 0.25) is 5.95 Å². The summed E-state index contributed by atoms with van der Waals surface area (Å²) in [5, 5.41) is 6.71. The van der Waals surface area contributed by atoms with E-state index < -0.39 is 0 Å². The van der Waals surface area contributed by atoms with Gasteiger partial charge in [0.05, 0.1) is 17.1 Å². The molecule has 2 aromatic heterocycles. The van der Waals surface area contributed by atoms with Gasteiger partial charge in [-0.1, -0.05) is 23.2 Å². The second-order valence-corrected chi connectivity index (χ2v) is 5.69. The largest absolute Gasteiger partial charge is 0.364 e. The van der Waals surface area contributed by atoms with Crippen molar-refractivity contribution < 1.29 is 0 Å². The van der Waals surface area contributed by atoms with Gasteiger partial charge < -0.3 is 10.6 Å². The number of halogens is 2. The van der Waals surface area contributed by atoms with Crippen LogP contribution in [0.25, 0.3) is 0 Å². The van der Waals surface area contributed by atoms with Gasteiger partial charge in [-0.3, -0.25) is 0 Å². The highest BCUT2D eigenvalue weighted by atomic mass is 35.5. The molecule has 0 aliphatic heterocycles. The minimum atomic E-state index is 0.499.